The number of para-hydroxylation sites is 1. The van der Waals surface area contributed by atoms with E-state index < -0.39 is 17.6 Å². The normalized spacial score (nSPS) is 15.7. The predicted molar refractivity (Wildman–Crippen MR) is 123 cm³/mol. The third-order valence-corrected chi connectivity index (χ3v) is 6.68. The molecule has 1 N–H and O–H groups in total. The van der Waals surface area contributed by atoms with Crippen molar-refractivity contribution in [3.63, 3.8) is 0 Å². The van der Waals surface area contributed by atoms with Crippen molar-refractivity contribution < 1.29 is 22.8 Å². The smallest absolute Gasteiger partial charge is 0.326 e. The first-order valence-electron chi connectivity index (χ1n) is 9.50. The molecule has 10 heteroatoms. The number of nitrogens with one attached hydrogen (secondary N) is 1. The molecule has 0 spiro atoms. The second kappa shape index (κ2) is 10.4. The second-order valence-electron chi connectivity index (χ2n) is 6.75. The van der Waals surface area contributed by atoms with Crippen molar-refractivity contribution in [3.8, 4) is 0 Å². The molecule has 2 heterocycles. The van der Waals surface area contributed by atoms with Crippen LogP contribution >= 0.6 is 35.3 Å². The monoisotopic (exact) mass is 484 g/mol. The van der Waals surface area contributed by atoms with E-state index in [-0.39, 0.29) is 18.0 Å². The fraction of sp³-hybridized carbons (Fsp3) is 0.286. The van der Waals surface area contributed by atoms with E-state index in [0.29, 0.717) is 35.0 Å². The number of carbonyl (C=O) groups is 2. The Kier molecular flexibility index (Phi) is 7.90. The highest BCUT2D eigenvalue weighted by Crippen LogP contribution is 2.35. The summed E-state index contributed by atoms with van der Waals surface area (Å²) in [6.07, 6.45) is -0.810. The van der Waals surface area contributed by atoms with Crippen LogP contribution in [0.3, 0.4) is 0 Å². The Morgan fingerprint density at radius 3 is 2.61 bits per heavy atom. The van der Waals surface area contributed by atoms with E-state index in [1.807, 2.05) is 23.6 Å². The van der Waals surface area contributed by atoms with Crippen molar-refractivity contribution in [2.24, 2.45) is 0 Å². The first kappa shape index (κ1) is 23.5. The molecule has 0 saturated carbocycles. The Hall–Kier alpha value is -2.17. The van der Waals surface area contributed by atoms with Gasteiger partial charge in [-0.3, -0.25) is 14.5 Å². The van der Waals surface area contributed by atoms with Crippen LogP contribution in [0.2, 0.25) is 0 Å². The number of benzene rings is 1. The maximum Gasteiger partial charge on any atom is 0.418 e. The summed E-state index contributed by atoms with van der Waals surface area (Å²) in [7, 11) is 0. The van der Waals surface area contributed by atoms with E-state index in [2.05, 4.69) is 5.32 Å². The number of carbonyl (C=O) groups excluding carboxylic acids is 2. The minimum atomic E-state index is -4.53. The van der Waals surface area contributed by atoms with Crippen molar-refractivity contribution in [2.75, 3.05) is 11.9 Å². The van der Waals surface area contributed by atoms with E-state index in [1.165, 1.54) is 30.0 Å². The summed E-state index contributed by atoms with van der Waals surface area (Å²) in [4.78, 5) is 27.7. The molecule has 2 aromatic rings. The summed E-state index contributed by atoms with van der Waals surface area (Å²) in [5.41, 5.74) is -1.11. The lowest BCUT2D eigenvalue weighted by molar-refractivity contribution is -0.137. The number of amides is 2. The van der Waals surface area contributed by atoms with Crippen LogP contribution < -0.4 is 5.32 Å². The van der Waals surface area contributed by atoms with Gasteiger partial charge < -0.3 is 5.32 Å². The Bertz CT molecular complexity index is 988. The van der Waals surface area contributed by atoms with Gasteiger partial charge in [0.15, 0.2) is 0 Å². The summed E-state index contributed by atoms with van der Waals surface area (Å²) in [5, 5.41) is 4.27. The molecule has 0 unspecified atom stereocenters. The van der Waals surface area contributed by atoms with Crippen LogP contribution in [0.15, 0.2) is 46.7 Å². The number of alkyl halides is 3. The van der Waals surface area contributed by atoms with Crippen LogP contribution in [0.1, 0.15) is 36.1 Å². The summed E-state index contributed by atoms with van der Waals surface area (Å²) >= 11 is 8.11. The molecule has 1 saturated heterocycles. The molecule has 2 amide bonds. The minimum Gasteiger partial charge on any atom is -0.326 e. The molecule has 0 bridgehead atoms. The third-order valence-electron chi connectivity index (χ3n) is 4.48. The lowest BCUT2D eigenvalue weighted by Gasteiger charge is -2.14. The maximum absolute atomic E-state index is 13.0. The number of thiophene rings is 1. The Morgan fingerprint density at radius 2 is 1.90 bits per heavy atom. The predicted octanol–water partition coefficient (Wildman–Crippen LogP) is 6.17. The number of hydrogen-bond acceptors (Lipinski definition) is 5. The van der Waals surface area contributed by atoms with Gasteiger partial charge in [0.05, 0.1) is 16.2 Å². The quantitative estimate of drug-likeness (QED) is 0.277. The van der Waals surface area contributed by atoms with Crippen molar-refractivity contribution >= 4 is 63.2 Å². The van der Waals surface area contributed by atoms with Gasteiger partial charge in [-0.1, -0.05) is 48.6 Å². The SMILES string of the molecule is O=C(CCCCCN1C(=O)/C(=C/c2cccs2)SC1=S)Nc1ccccc1C(F)(F)F. The van der Waals surface area contributed by atoms with Crippen LogP contribution in [-0.4, -0.2) is 27.6 Å². The summed E-state index contributed by atoms with van der Waals surface area (Å²) in [6, 6.07) is 8.73. The fourth-order valence-corrected chi connectivity index (χ4v) is 5.01. The molecule has 1 fully saturated rings. The van der Waals surface area contributed by atoms with Crippen LogP contribution in [0.5, 0.6) is 0 Å². The van der Waals surface area contributed by atoms with Gasteiger partial charge in [-0.15, -0.1) is 11.3 Å². The summed E-state index contributed by atoms with van der Waals surface area (Å²) < 4.78 is 39.5. The van der Waals surface area contributed by atoms with Crippen LogP contribution in [0.25, 0.3) is 6.08 Å². The molecule has 0 atom stereocenters. The van der Waals surface area contributed by atoms with Crippen molar-refractivity contribution in [1.82, 2.24) is 4.90 Å². The maximum atomic E-state index is 13.0. The Balaban J connectivity index is 1.42. The number of thiocarbonyl (C=S) groups is 1. The zero-order valence-electron chi connectivity index (χ0n) is 16.3. The van der Waals surface area contributed by atoms with Crippen molar-refractivity contribution in [2.45, 2.75) is 31.9 Å². The number of hydrogen-bond donors (Lipinski definition) is 1. The van der Waals surface area contributed by atoms with Crippen molar-refractivity contribution in [3.05, 3.63) is 57.1 Å². The molecular formula is C21H19F3N2O2S3. The largest absolute Gasteiger partial charge is 0.418 e. The molecule has 164 valence electrons. The number of rotatable bonds is 8. The summed E-state index contributed by atoms with van der Waals surface area (Å²) in [5.74, 6) is -0.592. The number of anilines is 1. The highest BCUT2D eigenvalue weighted by Gasteiger charge is 2.33. The Labute approximate surface area is 191 Å². The molecule has 1 aliphatic rings. The molecular weight excluding hydrogens is 465 g/mol. The number of unbranched alkanes of at least 4 members (excludes halogenated alkanes) is 2. The number of nitrogens with zero attached hydrogens (tertiary/aromatic N) is 1. The van der Waals surface area contributed by atoms with Gasteiger partial charge in [0.1, 0.15) is 4.32 Å². The zero-order chi connectivity index (χ0) is 22.4. The third kappa shape index (κ3) is 6.41. The first-order valence-corrected chi connectivity index (χ1v) is 11.6. The van der Waals surface area contributed by atoms with Gasteiger partial charge >= 0.3 is 6.18 Å². The molecule has 31 heavy (non-hydrogen) atoms. The van der Waals surface area contributed by atoms with E-state index in [4.69, 9.17) is 12.2 Å². The van der Waals surface area contributed by atoms with Crippen LogP contribution in [0, 0.1) is 0 Å². The summed E-state index contributed by atoms with van der Waals surface area (Å²) in [6.45, 7) is 0.449. The van der Waals surface area contributed by atoms with Crippen LogP contribution in [0.4, 0.5) is 18.9 Å². The van der Waals surface area contributed by atoms with Gasteiger partial charge in [0.2, 0.25) is 5.91 Å². The average molecular weight is 485 g/mol. The Morgan fingerprint density at radius 1 is 1.13 bits per heavy atom. The minimum absolute atomic E-state index is 0.100. The second-order valence-corrected chi connectivity index (χ2v) is 9.41. The lowest BCUT2D eigenvalue weighted by Crippen LogP contribution is -2.29. The van der Waals surface area contributed by atoms with Gasteiger partial charge in [-0.25, -0.2) is 0 Å². The van der Waals surface area contributed by atoms with E-state index in [9.17, 15) is 22.8 Å². The topological polar surface area (TPSA) is 49.4 Å². The fourth-order valence-electron chi connectivity index (χ4n) is 2.98. The average Bonchev–Trinajstić information content (AvgIpc) is 3.31. The highest BCUT2D eigenvalue weighted by atomic mass is 32.2. The molecule has 1 aliphatic heterocycles. The number of halogens is 3. The molecule has 0 aliphatic carbocycles. The van der Waals surface area contributed by atoms with Crippen LogP contribution in [-0.2, 0) is 15.8 Å². The van der Waals surface area contributed by atoms with Gasteiger partial charge in [-0.05, 0) is 42.5 Å². The highest BCUT2D eigenvalue weighted by molar-refractivity contribution is 8.26. The molecule has 3 rings (SSSR count). The molecule has 4 nitrogen and oxygen atoms in total. The zero-order valence-corrected chi connectivity index (χ0v) is 18.7. The number of thioether (sulfide) groups is 1. The van der Waals surface area contributed by atoms with Gasteiger partial charge in [0.25, 0.3) is 5.91 Å². The lowest BCUT2D eigenvalue weighted by atomic mass is 10.1. The molecule has 0 radical (unpaired) electrons. The molecule has 1 aromatic heterocycles. The van der Waals surface area contributed by atoms with E-state index in [0.717, 1.165) is 10.9 Å². The standard InChI is InChI=1S/C21H19F3N2O2S3/c22-21(23,24)15-8-3-4-9-16(15)25-18(27)10-2-1-5-11-26-19(28)17(31-20(26)29)13-14-7-6-12-30-14/h3-4,6-9,12-13H,1-2,5,10-11H2,(H,25,27)/b17-13-. The first-order chi connectivity index (χ1) is 14.8. The van der Waals surface area contributed by atoms with E-state index in [1.54, 1.807) is 16.2 Å². The van der Waals surface area contributed by atoms with E-state index >= 15 is 0 Å². The van der Waals surface area contributed by atoms with Gasteiger partial charge in [-0.2, -0.15) is 13.2 Å². The van der Waals surface area contributed by atoms with Crippen molar-refractivity contribution in [1.29, 1.82) is 0 Å². The molecule has 1 aromatic carbocycles. The van der Waals surface area contributed by atoms with Gasteiger partial charge in [0, 0.05) is 17.8 Å².